The van der Waals surface area contributed by atoms with E-state index in [2.05, 4.69) is 27.2 Å². The zero-order valence-electron chi connectivity index (χ0n) is 11.1. The highest BCUT2D eigenvalue weighted by Gasteiger charge is 2.24. The molecule has 0 amide bonds. The Morgan fingerprint density at radius 2 is 2.21 bits per heavy atom. The Hall–Kier alpha value is -1.14. The van der Waals surface area contributed by atoms with Crippen LogP contribution in [0.3, 0.4) is 0 Å². The van der Waals surface area contributed by atoms with E-state index in [1.54, 1.807) is 0 Å². The number of anilines is 2. The minimum atomic E-state index is 0.0752. The van der Waals surface area contributed by atoms with Crippen LogP contribution in [0.25, 0.3) is 0 Å². The van der Waals surface area contributed by atoms with Crippen LogP contribution in [0.2, 0.25) is 5.28 Å². The van der Waals surface area contributed by atoms with Gasteiger partial charge in [-0.05, 0) is 37.3 Å². The maximum Gasteiger partial charge on any atom is 0.231 e. The molecule has 1 fully saturated rings. The predicted octanol–water partition coefficient (Wildman–Crippen LogP) is 1.70. The summed E-state index contributed by atoms with van der Waals surface area (Å²) in [6.45, 7) is 3.83. The SMILES string of the molecule is CCCNc1nc(Cl)nc(N2CCCCC2CO)n1. The van der Waals surface area contributed by atoms with Gasteiger partial charge in [-0.1, -0.05) is 6.92 Å². The van der Waals surface area contributed by atoms with E-state index in [-0.39, 0.29) is 17.9 Å². The molecular weight excluding hydrogens is 266 g/mol. The normalized spacial score (nSPS) is 19.5. The average Bonchev–Trinajstić information content (AvgIpc) is 2.44. The van der Waals surface area contributed by atoms with E-state index in [0.717, 1.165) is 38.8 Å². The number of nitrogens with one attached hydrogen (secondary N) is 1. The summed E-state index contributed by atoms with van der Waals surface area (Å²) < 4.78 is 0. The lowest BCUT2D eigenvalue weighted by Crippen LogP contribution is -2.43. The maximum atomic E-state index is 9.44. The highest BCUT2D eigenvalue weighted by Crippen LogP contribution is 2.23. The first-order chi connectivity index (χ1) is 9.24. The number of piperidine rings is 1. The number of aromatic nitrogens is 3. The third-order valence-electron chi connectivity index (χ3n) is 3.22. The zero-order chi connectivity index (χ0) is 13.7. The van der Waals surface area contributed by atoms with Crippen molar-refractivity contribution in [2.24, 2.45) is 0 Å². The zero-order valence-corrected chi connectivity index (χ0v) is 11.9. The molecule has 0 spiro atoms. The molecule has 2 N–H and O–H groups in total. The smallest absolute Gasteiger partial charge is 0.231 e. The first-order valence-electron chi connectivity index (χ1n) is 6.77. The van der Waals surface area contributed by atoms with Crippen LogP contribution in [0.4, 0.5) is 11.9 Å². The van der Waals surface area contributed by atoms with Crippen molar-refractivity contribution in [2.45, 2.75) is 38.6 Å². The van der Waals surface area contributed by atoms with E-state index in [1.807, 2.05) is 4.90 Å². The molecule has 0 saturated carbocycles. The molecule has 1 aliphatic heterocycles. The van der Waals surface area contributed by atoms with Gasteiger partial charge >= 0.3 is 0 Å². The molecule has 1 atom stereocenters. The van der Waals surface area contributed by atoms with Crippen molar-refractivity contribution >= 4 is 23.5 Å². The van der Waals surface area contributed by atoms with Crippen LogP contribution >= 0.6 is 11.6 Å². The standard InChI is InChI=1S/C12H20ClN5O/c1-2-6-14-11-15-10(13)16-12(17-11)18-7-4-3-5-9(18)8-19/h9,19H,2-8H2,1H3,(H,14,15,16,17). The summed E-state index contributed by atoms with van der Waals surface area (Å²) in [5.41, 5.74) is 0. The van der Waals surface area contributed by atoms with Gasteiger partial charge in [-0.2, -0.15) is 15.0 Å². The van der Waals surface area contributed by atoms with Crippen molar-refractivity contribution in [1.29, 1.82) is 0 Å². The molecule has 106 valence electrons. The second-order valence-corrected chi connectivity index (χ2v) is 5.02. The van der Waals surface area contributed by atoms with E-state index in [1.165, 1.54) is 0 Å². The summed E-state index contributed by atoms with van der Waals surface area (Å²) in [7, 11) is 0. The number of aliphatic hydroxyl groups is 1. The van der Waals surface area contributed by atoms with Gasteiger partial charge < -0.3 is 15.3 Å². The van der Waals surface area contributed by atoms with E-state index >= 15 is 0 Å². The van der Waals surface area contributed by atoms with Crippen LogP contribution in [-0.2, 0) is 0 Å². The van der Waals surface area contributed by atoms with Crippen LogP contribution in [0.1, 0.15) is 32.6 Å². The Bertz CT molecular complexity index is 417. The first-order valence-corrected chi connectivity index (χ1v) is 7.15. The lowest BCUT2D eigenvalue weighted by atomic mass is 10.0. The second kappa shape index (κ2) is 6.86. The van der Waals surface area contributed by atoms with Crippen molar-refractivity contribution in [3.8, 4) is 0 Å². The van der Waals surface area contributed by atoms with Gasteiger partial charge in [0.2, 0.25) is 17.2 Å². The van der Waals surface area contributed by atoms with Gasteiger partial charge in [-0.3, -0.25) is 0 Å². The third-order valence-corrected chi connectivity index (χ3v) is 3.39. The maximum absolute atomic E-state index is 9.44. The van der Waals surface area contributed by atoms with Crippen molar-refractivity contribution in [3.05, 3.63) is 5.28 Å². The highest BCUT2D eigenvalue weighted by atomic mass is 35.5. The molecule has 0 radical (unpaired) electrons. The van der Waals surface area contributed by atoms with Crippen LogP contribution in [0.5, 0.6) is 0 Å². The van der Waals surface area contributed by atoms with Gasteiger partial charge in [0, 0.05) is 13.1 Å². The quantitative estimate of drug-likeness (QED) is 0.858. The summed E-state index contributed by atoms with van der Waals surface area (Å²) in [6.07, 6.45) is 4.15. The fraction of sp³-hybridized carbons (Fsp3) is 0.750. The number of hydrogen-bond donors (Lipinski definition) is 2. The third kappa shape index (κ3) is 3.67. The molecule has 2 rings (SSSR count). The fourth-order valence-electron chi connectivity index (χ4n) is 2.24. The number of nitrogens with zero attached hydrogens (tertiary/aromatic N) is 4. The average molecular weight is 286 g/mol. The van der Waals surface area contributed by atoms with E-state index < -0.39 is 0 Å². The van der Waals surface area contributed by atoms with E-state index in [4.69, 9.17) is 11.6 Å². The molecule has 1 saturated heterocycles. The van der Waals surface area contributed by atoms with E-state index in [9.17, 15) is 5.11 Å². The summed E-state index contributed by atoms with van der Waals surface area (Å²) in [4.78, 5) is 14.7. The number of aliphatic hydroxyl groups excluding tert-OH is 1. The van der Waals surface area contributed by atoms with Gasteiger partial charge in [0.1, 0.15) is 0 Å². The van der Waals surface area contributed by atoms with Gasteiger partial charge in [-0.15, -0.1) is 0 Å². The van der Waals surface area contributed by atoms with Gasteiger partial charge in [-0.25, -0.2) is 0 Å². The van der Waals surface area contributed by atoms with Crippen LogP contribution < -0.4 is 10.2 Å². The molecule has 1 aromatic rings. The Kier molecular flexibility index (Phi) is 5.15. The summed E-state index contributed by atoms with van der Waals surface area (Å²) in [6, 6.07) is 0.0752. The summed E-state index contributed by atoms with van der Waals surface area (Å²) in [5, 5.41) is 12.7. The van der Waals surface area contributed by atoms with Crippen molar-refractivity contribution < 1.29 is 5.11 Å². The molecule has 1 aromatic heterocycles. The first kappa shape index (κ1) is 14.3. The Labute approximate surface area is 118 Å². The largest absolute Gasteiger partial charge is 0.394 e. The Morgan fingerprint density at radius 3 is 2.95 bits per heavy atom. The van der Waals surface area contributed by atoms with Gasteiger partial charge in [0.25, 0.3) is 0 Å². The van der Waals surface area contributed by atoms with Crippen LogP contribution in [0.15, 0.2) is 0 Å². The minimum Gasteiger partial charge on any atom is -0.394 e. The molecule has 0 aromatic carbocycles. The molecule has 2 heterocycles. The number of rotatable bonds is 5. The van der Waals surface area contributed by atoms with Crippen molar-refractivity contribution in [1.82, 2.24) is 15.0 Å². The molecule has 1 unspecified atom stereocenters. The predicted molar refractivity (Wildman–Crippen MR) is 75.7 cm³/mol. The van der Waals surface area contributed by atoms with Gasteiger partial charge in [0.05, 0.1) is 12.6 Å². The van der Waals surface area contributed by atoms with Crippen molar-refractivity contribution in [3.63, 3.8) is 0 Å². The van der Waals surface area contributed by atoms with Crippen LogP contribution in [-0.4, -0.2) is 45.8 Å². The number of halogens is 1. The number of hydrogen-bond acceptors (Lipinski definition) is 6. The lowest BCUT2D eigenvalue weighted by molar-refractivity contribution is 0.238. The van der Waals surface area contributed by atoms with E-state index in [0.29, 0.717) is 11.9 Å². The molecule has 7 heteroatoms. The molecule has 1 aliphatic rings. The molecular formula is C12H20ClN5O. The van der Waals surface area contributed by atoms with Gasteiger partial charge in [0.15, 0.2) is 0 Å². The Balaban J connectivity index is 2.19. The van der Waals surface area contributed by atoms with Crippen LogP contribution in [0, 0.1) is 0 Å². The van der Waals surface area contributed by atoms with Crippen molar-refractivity contribution in [2.75, 3.05) is 29.9 Å². The summed E-state index contributed by atoms with van der Waals surface area (Å²) in [5.74, 6) is 1.05. The second-order valence-electron chi connectivity index (χ2n) is 4.68. The summed E-state index contributed by atoms with van der Waals surface area (Å²) >= 11 is 5.95. The highest BCUT2D eigenvalue weighted by molar-refractivity contribution is 6.28. The lowest BCUT2D eigenvalue weighted by Gasteiger charge is -2.34. The molecule has 0 bridgehead atoms. The molecule has 0 aliphatic carbocycles. The monoisotopic (exact) mass is 285 g/mol. The topological polar surface area (TPSA) is 74.2 Å². The fourth-order valence-corrected chi connectivity index (χ4v) is 2.39. The minimum absolute atomic E-state index is 0.0752. The Morgan fingerprint density at radius 1 is 1.37 bits per heavy atom. The molecule has 19 heavy (non-hydrogen) atoms. The molecule has 6 nitrogen and oxygen atoms in total.